The Bertz CT molecular complexity index is 834. The number of aromatic hydroxyl groups is 1. The quantitative estimate of drug-likeness (QED) is 0.180. The van der Waals surface area contributed by atoms with E-state index in [2.05, 4.69) is 50.1 Å². The van der Waals surface area contributed by atoms with E-state index in [-0.39, 0.29) is 42.2 Å². The second-order valence-corrected chi connectivity index (χ2v) is 7.44. The molecule has 0 atom stereocenters. The molecule has 31 heavy (non-hydrogen) atoms. The van der Waals surface area contributed by atoms with Crippen molar-refractivity contribution in [2.45, 2.75) is 32.9 Å². The number of halogens is 1. The van der Waals surface area contributed by atoms with E-state index in [1.807, 2.05) is 6.92 Å². The Labute approximate surface area is 201 Å². The number of carbonyl (C=O) groups is 1. The monoisotopic (exact) mass is 537 g/mol. The number of hydrogen-bond donors (Lipinski definition) is 4. The van der Waals surface area contributed by atoms with Gasteiger partial charge < -0.3 is 21.1 Å². The minimum atomic E-state index is -0.183. The first-order valence-corrected chi connectivity index (χ1v) is 10.5. The normalized spacial score (nSPS) is 14.0. The van der Waals surface area contributed by atoms with E-state index in [9.17, 15) is 9.90 Å². The van der Waals surface area contributed by atoms with E-state index in [0.717, 1.165) is 12.1 Å². The number of nitrogens with zero attached hydrogens (tertiary/aromatic N) is 2. The molecule has 1 heterocycles. The number of guanidine groups is 1. The Hall–Kier alpha value is -2.33. The number of phenols is 1. The number of amides is 1. The maximum atomic E-state index is 12.1. The molecule has 0 aromatic heterocycles. The Morgan fingerprint density at radius 2 is 1.65 bits per heavy atom. The van der Waals surface area contributed by atoms with Crippen LogP contribution in [0.3, 0.4) is 0 Å². The molecule has 0 radical (unpaired) electrons. The number of nitrogens with one attached hydrogen (secondary N) is 3. The number of likely N-dealkylation sites (tertiary alicyclic amines) is 1. The summed E-state index contributed by atoms with van der Waals surface area (Å²) in [6.07, 6.45) is 2.61. The first-order chi connectivity index (χ1) is 14.6. The zero-order chi connectivity index (χ0) is 21.2. The second kappa shape index (κ2) is 13.2. The van der Waals surface area contributed by atoms with Gasteiger partial charge in [-0.05, 0) is 68.2 Å². The molecule has 0 saturated carbocycles. The number of aliphatic imine (C=N–C) groups is 1. The van der Waals surface area contributed by atoms with Crippen molar-refractivity contribution in [1.29, 1.82) is 0 Å². The average Bonchev–Trinajstić information content (AvgIpc) is 3.26. The van der Waals surface area contributed by atoms with Crippen molar-refractivity contribution in [3.05, 3.63) is 59.7 Å². The van der Waals surface area contributed by atoms with Gasteiger partial charge in [0.15, 0.2) is 5.96 Å². The smallest absolute Gasteiger partial charge is 0.243 e. The summed E-state index contributed by atoms with van der Waals surface area (Å²) < 4.78 is 0. The summed E-state index contributed by atoms with van der Waals surface area (Å²) in [6, 6.07) is 15.0. The van der Waals surface area contributed by atoms with E-state index in [1.165, 1.54) is 43.6 Å². The van der Waals surface area contributed by atoms with Gasteiger partial charge in [0.25, 0.3) is 0 Å². The minimum Gasteiger partial charge on any atom is -0.508 e. The van der Waals surface area contributed by atoms with Crippen LogP contribution in [0.4, 0.5) is 5.69 Å². The average molecular weight is 537 g/mol. The van der Waals surface area contributed by atoms with Crippen molar-refractivity contribution in [3.8, 4) is 5.75 Å². The highest BCUT2D eigenvalue weighted by Crippen LogP contribution is 2.14. The van der Waals surface area contributed by atoms with Crippen LogP contribution in [0.1, 0.15) is 30.9 Å². The summed E-state index contributed by atoms with van der Waals surface area (Å²) in [5.74, 6) is 0.578. The topological polar surface area (TPSA) is 89.0 Å². The molecule has 0 unspecified atom stereocenters. The Balaban J connectivity index is 0.00000341. The highest BCUT2D eigenvalue weighted by atomic mass is 127. The summed E-state index contributed by atoms with van der Waals surface area (Å²) in [6.45, 7) is 6.75. The van der Waals surface area contributed by atoms with Gasteiger partial charge in [-0.3, -0.25) is 9.69 Å². The maximum Gasteiger partial charge on any atom is 0.243 e. The lowest BCUT2D eigenvalue weighted by atomic mass is 10.1. The molecule has 0 spiro atoms. The molecule has 1 saturated heterocycles. The van der Waals surface area contributed by atoms with Gasteiger partial charge >= 0.3 is 0 Å². The number of hydrogen-bond acceptors (Lipinski definition) is 4. The minimum absolute atomic E-state index is 0. The van der Waals surface area contributed by atoms with Crippen molar-refractivity contribution in [2.75, 3.05) is 31.5 Å². The molecule has 1 aliphatic rings. The van der Waals surface area contributed by atoms with Gasteiger partial charge in [0.2, 0.25) is 5.91 Å². The molecule has 8 heteroatoms. The third kappa shape index (κ3) is 8.74. The molecule has 2 aromatic rings. The fourth-order valence-electron chi connectivity index (χ4n) is 3.38. The molecule has 7 nitrogen and oxygen atoms in total. The molecule has 2 aromatic carbocycles. The predicted molar refractivity (Wildman–Crippen MR) is 136 cm³/mol. The van der Waals surface area contributed by atoms with Crippen molar-refractivity contribution >= 4 is 41.5 Å². The SMILES string of the molecule is CCNC(=NCc1ccc(CN2CCCC2)cc1)NCC(=O)Nc1ccc(O)cc1.I. The number of anilines is 1. The summed E-state index contributed by atoms with van der Waals surface area (Å²) in [4.78, 5) is 19.2. The standard InChI is InChI=1S/C23H31N5O2.HI/c1-2-24-23(26-16-22(30)27-20-9-11-21(29)12-10-20)25-15-18-5-7-19(8-6-18)17-28-13-3-4-14-28;/h5-12,29H,2-4,13-17H2,1H3,(H,27,30)(H2,24,25,26);1H. The van der Waals surface area contributed by atoms with Crippen LogP contribution in [0.15, 0.2) is 53.5 Å². The maximum absolute atomic E-state index is 12.1. The molecule has 3 rings (SSSR count). The van der Waals surface area contributed by atoms with E-state index in [4.69, 9.17) is 0 Å². The van der Waals surface area contributed by atoms with Crippen LogP contribution >= 0.6 is 24.0 Å². The Morgan fingerprint density at radius 3 is 2.29 bits per heavy atom. The van der Waals surface area contributed by atoms with Crippen LogP contribution in [0.25, 0.3) is 0 Å². The number of benzene rings is 2. The van der Waals surface area contributed by atoms with Crippen LogP contribution in [-0.2, 0) is 17.9 Å². The third-order valence-electron chi connectivity index (χ3n) is 4.96. The Morgan fingerprint density at radius 1 is 1.00 bits per heavy atom. The zero-order valence-corrected chi connectivity index (χ0v) is 20.3. The van der Waals surface area contributed by atoms with E-state index < -0.39 is 0 Å². The van der Waals surface area contributed by atoms with Crippen molar-refractivity contribution < 1.29 is 9.90 Å². The largest absolute Gasteiger partial charge is 0.508 e. The summed E-state index contributed by atoms with van der Waals surface area (Å²) >= 11 is 0. The van der Waals surface area contributed by atoms with Gasteiger partial charge in [-0.15, -0.1) is 24.0 Å². The van der Waals surface area contributed by atoms with E-state index in [0.29, 0.717) is 24.7 Å². The van der Waals surface area contributed by atoms with Crippen LogP contribution in [0, 0.1) is 0 Å². The Kier molecular flexibility index (Phi) is 10.6. The number of phenolic OH excluding ortho intramolecular Hbond substituents is 1. The van der Waals surface area contributed by atoms with Gasteiger partial charge in [-0.1, -0.05) is 24.3 Å². The highest BCUT2D eigenvalue weighted by molar-refractivity contribution is 14.0. The number of rotatable bonds is 8. The van der Waals surface area contributed by atoms with Gasteiger partial charge in [0.05, 0.1) is 13.1 Å². The number of carbonyl (C=O) groups excluding carboxylic acids is 1. The van der Waals surface area contributed by atoms with Crippen LogP contribution < -0.4 is 16.0 Å². The van der Waals surface area contributed by atoms with Gasteiger partial charge in [0.1, 0.15) is 5.75 Å². The van der Waals surface area contributed by atoms with Crippen molar-refractivity contribution in [1.82, 2.24) is 15.5 Å². The van der Waals surface area contributed by atoms with E-state index in [1.54, 1.807) is 12.1 Å². The van der Waals surface area contributed by atoms with Gasteiger partial charge in [-0.25, -0.2) is 4.99 Å². The van der Waals surface area contributed by atoms with Gasteiger partial charge in [-0.2, -0.15) is 0 Å². The van der Waals surface area contributed by atoms with Gasteiger partial charge in [0, 0.05) is 18.8 Å². The van der Waals surface area contributed by atoms with Crippen LogP contribution in [-0.4, -0.2) is 48.1 Å². The van der Waals surface area contributed by atoms with Crippen LogP contribution in [0.5, 0.6) is 5.75 Å². The molecule has 0 bridgehead atoms. The molecule has 4 N–H and O–H groups in total. The fourth-order valence-corrected chi connectivity index (χ4v) is 3.38. The van der Waals surface area contributed by atoms with E-state index >= 15 is 0 Å². The first kappa shape index (κ1) is 24.9. The lowest BCUT2D eigenvalue weighted by Gasteiger charge is -2.14. The molecular formula is C23H32IN5O2. The fraction of sp³-hybridized carbons (Fsp3) is 0.391. The van der Waals surface area contributed by atoms with Crippen LogP contribution in [0.2, 0.25) is 0 Å². The molecule has 1 amide bonds. The second-order valence-electron chi connectivity index (χ2n) is 7.44. The molecule has 0 aliphatic carbocycles. The summed E-state index contributed by atoms with van der Waals surface area (Å²) in [5.41, 5.74) is 3.10. The zero-order valence-electron chi connectivity index (χ0n) is 17.9. The summed E-state index contributed by atoms with van der Waals surface area (Å²) in [7, 11) is 0. The summed E-state index contributed by atoms with van der Waals surface area (Å²) in [5, 5.41) is 18.3. The molecule has 1 aliphatic heterocycles. The third-order valence-corrected chi connectivity index (χ3v) is 4.96. The van der Waals surface area contributed by atoms with Crippen molar-refractivity contribution in [2.24, 2.45) is 4.99 Å². The highest BCUT2D eigenvalue weighted by Gasteiger charge is 2.11. The molecular weight excluding hydrogens is 505 g/mol. The molecule has 1 fully saturated rings. The molecule has 168 valence electrons. The predicted octanol–water partition coefficient (Wildman–Crippen LogP) is 3.30. The van der Waals surface area contributed by atoms with Crippen molar-refractivity contribution in [3.63, 3.8) is 0 Å². The lowest BCUT2D eigenvalue weighted by Crippen LogP contribution is -2.41. The lowest BCUT2D eigenvalue weighted by molar-refractivity contribution is -0.115. The first-order valence-electron chi connectivity index (χ1n) is 10.5.